The molecular formula is C28H46N4O5. The highest BCUT2D eigenvalue weighted by atomic mass is 16.6. The molecule has 0 heterocycles. The molecule has 2 atom stereocenters. The van der Waals surface area contributed by atoms with Gasteiger partial charge in [-0.2, -0.15) is 0 Å². The van der Waals surface area contributed by atoms with Crippen LogP contribution in [0, 0.1) is 13.8 Å². The zero-order valence-electron chi connectivity index (χ0n) is 23.8. The Morgan fingerprint density at radius 1 is 1.03 bits per heavy atom. The lowest BCUT2D eigenvalue weighted by Gasteiger charge is -2.35. The number of ether oxygens (including phenoxy) is 1. The Labute approximate surface area is 221 Å². The minimum atomic E-state index is -1.28. The smallest absolute Gasteiger partial charge is 0.408 e. The second-order valence-electron chi connectivity index (χ2n) is 10.8. The molecule has 0 fully saturated rings. The molecule has 1 aromatic carbocycles. The SMILES string of the molecule is CCCCCCN(C(=O)C(CC(N)=O)NC(=O)OC(C)(C)C)C(C(=O)NC(C)C)c1cccc(C)c1C. The monoisotopic (exact) mass is 518 g/mol. The molecule has 0 bridgehead atoms. The zero-order valence-corrected chi connectivity index (χ0v) is 23.8. The Hall–Kier alpha value is -3.10. The number of benzene rings is 1. The van der Waals surface area contributed by atoms with Crippen molar-refractivity contribution >= 4 is 23.8 Å². The first-order valence-electron chi connectivity index (χ1n) is 13.1. The quantitative estimate of drug-likeness (QED) is 0.339. The van der Waals surface area contributed by atoms with Crippen molar-refractivity contribution in [3.8, 4) is 0 Å². The first-order valence-corrected chi connectivity index (χ1v) is 13.1. The van der Waals surface area contributed by atoms with E-state index in [-0.39, 0.29) is 18.5 Å². The van der Waals surface area contributed by atoms with Gasteiger partial charge in [0.25, 0.3) is 0 Å². The summed E-state index contributed by atoms with van der Waals surface area (Å²) in [6.07, 6.45) is 2.25. The van der Waals surface area contributed by atoms with Crippen LogP contribution in [0.2, 0.25) is 0 Å². The van der Waals surface area contributed by atoms with Gasteiger partial charge in [0.05, 0.1) is 6.42 Å². The Morgan fingerprint density at radius 2 is 1.68 bits per heavy atom. The topological polar surface area (TPSA) is 131 Å². The van der Waals surface area contributed by atoms with E-state index in [1.165, 1.54) is 4.90 Å². The molecule has 0 aliphatic rings. The molecule has 0 aliphatic heterocycles. The summed E-state index contributed by atoms with van der Waals surface area (Å²) in [6.45, 7) is 15.0. The largest absolute Gasteiger partial charge is 0.444 e. The van der Waals surface area contributed by atoms with Gasteiger partial charge in [-0.3, -0.25) is 14.4 Å². The Balaban J connectivity index is 3.57. The van der Waals surface area contributed by atoms with Gasteiger partial charge >= 0.3 is 6.09 Å². The lowest BCUT2D eigenvalue weighted by molar-refractivity contribution is -0.143. The van der Waals surface area contributed by atoms with E-state index in [1.807, 2.05) is 45.9 Å². The van der Waals surface area contributed by atoms with Crippen molar-refractivity contribution in [3.05, 3.63) is 34.9 Å². The number of unbranched alkanes of at least 4 members (excludes halogenated alkanes) is 3. The Kier molecular flexibility index (Phi) is 12.6. The molecule has 9 nitrogen and oxygen atoms in total. The molecule has 4 N–H and O–H groups in total. The van der Waals surface area contributed by atoms with Crippen molar-refractivity contribution in [2.24, 2.45) is 5.73 Å². The van der Waals surface area contributed by atoms with Crippen molar-refractivity contribution in [2.75, 3.05) is 6.54 Å². The predicted molar refractivity (Wildman–Crippen MR) is 145 cm³/mol. The fourth-order valence-corrected chi connectivity index (χ4v) is 4.01. The van der Waals surface area contributed by atoms with Crippen LogP contribution in [-0.2, 0) is 19.1 Å². The van der Waals surface area contributed by atoms with Crippen molar-refractivity contribution in [1.82, 2.24) is 15.5 Å². The van der Waals surface area contributed by atoms with E-state index in [4.69, 9.17) is 10.5 Å². The summed E-state index contributed by atoms with van der Waals surface area (Å²) >= 11 is 0. The maximum Gasteiger partial charge on any atom is 0.408 e. The van der Waals surface area contributed by atoms with Crippen molar-refractivity contribution in [2.45, 2.75) is 111 Å². The number of alkyl carbamates (subject to hydrolysis) is 1. The summed E-state index contributed by atoms with van der Waals surface area (Å²) in [5, 5.41) is 5.45. The second kappa shape index (κ2) is 14.6. The highest BCUT2D eigenvalue weighted by Gasteiger charge is 2.37. The van der Waals surface area contributed by atoms with Gasteiger partial charge in [-0.1, -0.05) is 44.4 Å². The summed E-state index contributed by atoms with van der Waals surface area (Å²) in [5.41, 5.74) is 7.22. The first-order chi connectivity index (χ1) is 17.2. The molecule has 9 heteroatoms. The number of primary amides is 1. The first kappa shape index (κ1) is 31.9. The van der Waals surface area contributed by atoms with E-state index >= 15 is 0 Å². The number of nitrogens with two attached hydrogens (primary N) is 1. The molecule has 0 aromatic heterocycles. The van der Waals surface area contributed by atoms with E-state index in [0.717, 1.165) is 30.4 Å². The second-order valence-corrected chi connectivity index (χ2v) is 10.8. The number of rotatable bonds is 13. The molecule has 1 aromatic rings. The molecule has 0 saturated carbocycles. The van der Waals surface area contributed by atoms with E-state index in [0.29, 0.717) is 12.0 Å². The maximum atomic E-state index is 14.0. The van der Waals surface area contributed by atoms with Gasteiger partial charge in [0, 0.05) is 12.6 Å². The van der Waals surface area contributed by atoms with Gasteiger partial charge in [0.2, 0.25) is 17.7 Å². The lowest BCUT2D eigenvalue weighted by Crippen LogP contribution is -2.54. The third kappa shape index (κ3) is 10.8. The molecule has 0 radical (unpaired) electrons. The number of carbonyl (C=O) groups is 4. The van der Waals surface area contributed by atoms with E-state index in [2.05, 4.69) is 17.6 Å². The highest BCUT2D eigenvalue weighted by molar-refractivity contribution is 5.94. The molecular weight excluding hydrogens is 472 g/mol. The average molecular weight is 519 g/mol. The summed E-state index contributed by atoms with van der Waals surface area (Å²) in [5.74, 6) is -1.65. The number of aryl methyl sites for hydroxylation is 1. The van der Waals surface area contributed by atoms with Crippen LogP contribution in [0.4, 0.5) is 4.79 Å². The third-order valence-electron chi connectivity index (χ3n) is 5.86. The Morgan fingerprint density at radius 3 is 2.22 bits per heavy atom. The zero-order chi connectivity index (χ0) is 28.3. The average Bonchev–Trinajstić information content (AvgIpc) is 2.75. The number of amides is 4. The molecule has 1 rings (SSSR count). The van der Waals surface area contributed by atoms with Gasteiger partial charge in [0.1, 0.15) is 17.7 Å². The molecule has 4 amide bonds. The normalized spacial score (nSPS) is 13.0. The minimum absolute atomic E-state index is 0.154. The summed E-state index contributed by atoms with van der Waals surface area (Å²) in [4.78, 5) is 53.5. The van der Waals surface area contributed by atoms with Gasteiger partial charge < -0.3 is 26.0 Å². The minimum Gasteiger partial charge on any atom is -0.444 e. The molecule has 2 unspecified atom stereocenters. The Bertz CT molecular complexity index is 939. The number of nitrogens with zero attached hydrogens (tertiary/aromatic N) is 1. The van der Waals surface area contributed by atoms with Crippen LogP contribution >= 0.6 is 0 Å². The van der Waals surface area contributed by atoms with Crippen molar-refractivity contribution < 1.29 is 23.9 Å². The summed E-state index contributed by atoms with van der Waals surface area (Å²) in [7, 11) is 0. The van der Waals surface area contributed by atoms with Crippen molar-refractivity contribution in [3.63, 3.8) is 0 Å². The van der Waals surface area contributed by atoms with Gasteiger partial charge in [-0.15, -0.1) is 0 Å². The summed E-state index contributed by atoms with van der Waals surface area (Å²) in [6, 6.07) is 3.25. The number of hydrogen-bond acceptors (Lipinski definition) is 5. The van der Waals surface area contributed by atoms with Crippen LogP contribution < -0.4 is 16.4 Å². The predicted octanol–water partition coefficient (Wildman–Crippen LogP) is 4.05. The van der Waals surface area contributed by atoms with Crippen LogP contribution in [-0.4, -0.2) is 52.9 Å². The van der Waals surface area contributed by atoms with Crippen molar-refractivity contribution in [1.29, 1.82) is 0 Å². The van der Waals surface area contributed by atoms with Crippen LogP contribution in [0.1, 0.15) is 96.4 Å². The number of carbonyl (C=O) groups excluding carboxylic acids is 4. The number of hydrogen-bond donors (Lipinski definition) is 3. The highest BCUT2D eigenvalue weighted by Crippen LogP contribution is 2.28. The maximum absolute atomic E-state index is 14.0. The molecule has 37 heavy (non-hydrogen) atoms. The molecule has 0 saturated heterocycles. The van der Waals surface area contributed by atoms with E-state index in [1.54, 1.807) is 20.8 Å². The molecule has 0 aliphatic carbocycles. The van der Waals surface area contributed by atoms with E-state index in [9.17, 15) is 19.2 Å². The van der Waals surface area contributed by atoms with E-state index < -0.39 is 42.0 Å². The van der Waals surface area contributed by atoms with Crippen LogP contribution in [0.3, 0.4) is 0 Å². The van der Waals surface area contributed by atoms with Crippen LogP contribution in [0.25, 0.3) is 0 Å². The fraction of sp³-hybridized carbons (Fsp3) is 0.643. The van der Waals surface area contributed by atoms with Crippen LogP contribution in [0.5, 0.6) is 0 Å². The van der Waals surface area contributed by atoms with Gasteiger partial charge in [0.15, 0.2) is 0 Å². The van der Waals surface area contributed by atoms with Gasteiger partial charge in [-0.25, -0.2) is 4.79 Å². The lowest BCUT2D eigenvalue weighted by atomic mass is 9.94. The fourth-order valence-electron chi connectivity index (χ4n) is 4.01. The molecule has 208 valence electrons. The third-order valence-corrected chi connectivity index (χ3v) is 5.86. The summed E-state index contributed by atoms with van der Waals surface area (Å²) < 4.78 is 5.32. The van der Waals surface area contributed by atoms with Crippen LogP contribution in [0.15, 0.2) is 18.2 Å². The van der Waals surface area contributed by atoms with Gasteiger partial charge in [-0.05, 0) is 71.6 Å². The molecule has 0 spiro atoms. The standard InChI is InChI=1S/C28H46N4O5/c1-9-10-11-12-16-32(26(35)22(17-23(29)33)31-27(36)37-28(6,7)8)24(25(34)30-18(2)3)21-15-13-14-19(4)20(21)5/h13-15,18,22,24H,9-12,16-17H2,1-8H3,(H2,29,33)(H,30,34)(H,31,36). The number of nitrogens with one attached hydrogen (secondary N) is 2.